The van der Waals surface area contributed by atoms with Crippen molar-refractivity contribution in [3.05, 3.63) is 17.7 Å². The van der Waals surface area contributed by atoms with Gasteiger partial charge in [0, 0.05) is 11.6 Å². The summed E-state index contributed by atoms with van der Waals surface area (Å²) in [5, 5.41) is 9.21. The second kappa shape index (κ2) is 3.30. The monoisotopic (exact) mass is 162 g/mol. The molecule has 3 nitrogen and oxygen atoms in total. The topological polar surface area (TPSA) is 46.5 Å². The molecule has 1 N–H and O–H groups in total. The van der Waals surface area contributed by atoms with Crippen molar-refractivity contribution in [2.24, 2.45) is 0 Å². The number of ether oxygens (including phenoxy) is 1. The minimum absolute atomic E-state index is 0.0933. The standard InChI is InChI=1S/C8H7BO3/c1-12-5-2-7(9)6(4-10)8(11)3-5/h2-4,11H,1H3. The number of aldehydes is 1. The van der Waals surface area contributed by atoms with Crippen LogP contribution in [0.3, 0.4) is 0 Å². The molecule has 0 heterocycles. The number of carbonyl (C=O) groups is 1. The van der Waals surface area contributed by atoms with Crippen molar-refractivity contribution in [3.8, 4) is 11.5 Å². The summed E-state index contributed by atoms with van der Waals surface area (Å²) in [6.45, 7) is 0. The molecular formula is C8H7BO3. The Kier molecular flexibility index (Phi) is 2.38. The lowest BCUT2D eigenvalue weighted by molar-refractivity contribution is 0.112. The number of rotatable bonds is 2. The molecule has 12 heavy (non-hydrogen) atoms. The summed E-state index contributed by atoms with van der Waals surface area (Å²) < 4.78 is 4.82. The van der Waals surface area contributed by atoms with Gasteiger partial charge in [0.1, 0.15) is 19.3 Å². The highest BCUT2D eigenvalue weighted by Crippen LogP contribution is 2.19. The Hall–Kier alpha value is -1.45. The molecule has 0 saturated carbocycles. The lowest BCUT2D eigenvalue weighted by Crippen LogP contribution is -2.10. The van der Waals surface area contributed by atoms with E-state index in [1.807, 2.05) is 0 Å². The zero-order valence-electron chi connectivity index (χ0n) is 6.57. The number of carbonyl (C=O) groups excluding carboxylic acids is 1. The molecule has 0 aliphatic carbocycles. The Bertz CT molecular complexity index is 286. The Morgan fingerprint density at radius 3 is 2.67 bits per heavy atom. The van der Waals surface area contributed by atoms with E-state index in [9.17, 15) is 9.90 Å². The molecule has 0 unspecified atom stereocenters. The van der Waals surface area contributed by atoms with E-state index in [0.29, 0.717) is 12.0 Å². The van der Waals surface area contributed by atoms with Crippen LogP contribution in [0.2, 0.25) is 0 Å². The summed E-state index contributed by atoms with van der Waals surface area (Å²) in [7, 11) is 6.89. The van der Waals surface area contributed by atoms with E-state index in [0.717, 1.165) is 0 Å². The summed E-state index contributed by atoms with van der Waals surface area (Å²) >= 11 is 0. The molecule has 0 atom stereocenters. The van der Waals surface area contributed by atoms with Crippen LogP contribution in [0.4, 0.5) is 0 Å². The third-order valence-electron chi connectivity index (χ3n) is 1.52. The van der Waals surface area contributed by atoms with Crippen molar-refractivity contribution in [1.29, 1.82) is 0 Å². The smallest absolute Gasteiger partial charge is 0.153 e. The van der Waals surface area contributed by atoms with E-state index in [4.69, 9.17) is 12.6 Å². The molecule has 4 heteroatoms. The second-order valence-corrected chi connectivity index (χ2v) is 2.27. The zero-order valence-corrected chi connectivity index (χ0v) is 6.57. The van der Waals surface area contributed by atoms with Crippen LogP contribution in [0.25, 0.3) is 0 Å². The molecule has 0 aliphatic heterocycles. The van der Waals surface area contributed by atoms with Gasteiger partial charge in [-0.2, -0.15) is 0 Å². The van der Waals surface area contributed by atoms with E-state index in [-0.39, 0.29) is 16.8 Å². The van der Waals surface area contributed by atoms with Crippen molar-refractivity contribution in [2.45, 2.75) is 0 Å². The fourth-order valence-corrected chi connectivity index (χ4v) is 0.879. The molecule has 0 saturated heterocycles. The fraction of sp³-hybridized carbons (Fsp3) is 0.125. The first kappa shape index (κ1) is 8.65. The molecule has 0 spiro atoms. The van der Waals surface area contributed by atoms with Gasteiger partial charge in [0.15, 0.2) is 6.29 Å². The van der Waals surface area contributed by atoms with Crippen molar-refractivity contribution in [2.75, 3.05) is 7.11 Å². The van der Waals surface area contributed by atoms with E-state index in [1.165, 1.54) is 19.2 Å². The highest BCUT2D eigenvalue weighted by Gasteiger charge is 2.05. The maximum Gasteiger partial charge on any atom is 0.153 e. The molecule has 0 aromatic heterocycles. The SMILES string of the molecule is [B]c1cc(OC)cc(O)c1C=O. The van der Waals surface area contributed by atoms with Gasteiger partial charge in [-0.15, -0.1) is 0 Å². The highest BCUT2D eigenvalue weighted by molar-refractivity contribution is 6.36. The van der Waals surface area contributed by atoms with Gasteiger partial charge in [-0.05, 0) is 6.07 Å². The van der Waals surface area contributed by atoms with Crippen molar-refractivity contribution in [3.63, 3.8) is 0 Å². The molecular weight excluding hydrogens is 155 g/mol. The molecule has 0 fully saturated rings. The van der Waals surface area contributed by atoms with Gasteiger partial charge in [0.05, 0.1) is 7.11 Å². The molecule has 1 aromatic carbocycles. The first-order valence-corrected chi connectivity index (χ1v) is 3.30. The van der Waals surface area contributed by atoms with Gasteiger partial charge in [0.2, 0.25) is 0 Å². The van der Waals surface area contributed by atoms with Crippen LogP contribution in [-0.4, -0.2) is 26.3 Å². The predicted octanol–water partition coefficient (Wildman–Crippen LogP) is 0.00710. The van der Waals surface area contributed by atoms with Crippen LogP contribution in [-0.2, 0) is 0 Å². The number of benzene rings is 1. The van der Waals surface area contributed by atoms with Gasteiger partial charge in [0.25, 0.3) is 0 Å². The van der Waals surface area contributed by atoms with Crippen LogP contribution in [0, 0.1) is 0 Å². The normalized spacial score (nSPS) is 9.42. The predicted molar refractivity (Wildman–Crippen MR) is 45.4 cm³/mol. The van der Waals surface area contributed by atoms with Crippen LogP contribution >= 0.6 is 0 Å². The quantitative estimate of drug-likeness (QED) is 0.492. The fourth-order valence-electron chi connectivity index (χ4n) is 0.879. The number of methoxy groups -OCH3 is 1. The Labute approximate surface area is 71.4 Å². The molecule has 60 valence electrons. The molecule has 2 radical (unpaired) electrons. The zero-order chi connectivity index (χ0) is 9.14. The molecule has 0 bridgehead atoms. The first-order valence-electron chi connectivity index (χ1n) is 3.30. The number of hydrogen-bond acceptors (Lipinski definition) is 3. The van der Waals surface area contributed by atoms with E-state index >= 15 is 0 Å². The van der Waals surface area contributed by atoms with Crippen LogP contribution < -0.4 is 10.2 Å². The number of phenolic OH excluding ortho intramolecular Hbond substituents is 1. The number of hydrogen-bond donors (Lipinski definition) is 1. The summed E-state index contributed by atoms with van der Waals surface area (Å²) in [6, 6.07) is 2.81. The molecule has 1 aromatic rings. The summed E-state index contributed by atoms with van der Waals surface area (Å²) in [6.07, 6.45) is 0.504. The minimum atomic E-state index is -0.165. The van der Waals surface area contributed by atoms with Gasteiger partial charge in [-0.3, -0.25) is 4.79 Å². The average molecular weight is 162 g/mol. The molecule has 1 rings (SSSR count). The van der Waals surface area contributed by atoms with Crippen LogP contribution in [0.5, 0.6) is 11.5 Å². The Balaban J connectivity index is 3.27. The van der Waals surface area contributed by atoms with Gasteiger partial charge in [-0.25, -0.2) is 0 Å². The Morgan fingerprint density at radius 1 is 1.58 bits per heavy atom. The maximum absolute atomic E-state index is 10.4. The first-order chi connectivity index (χ1) is 5.69. The van der Waals surface area contributed by atoms with Crippen LogP contribution in [0.15, 0.2) is 12.1 Å². The summed E-state index contributed by atoms with van der Waals surface area (Å²) in [5.74, 6) is 0.262. The van der Waals surface area contributed by atoms with Gasteiger partial charge in [-0.1, -0.05) is 5.46 Å². The third-order valence-corrected chi connectivity index (χ3v) is 1.52. The summed E-state index contributed by atoms with van der Waals surface area (Å²) in [4.78, 5) is 10.4. The lowest BCUT2D eigenvalue weighted by Gasteiger charge is -2.05. The van der Waals surface area contributed by atoms with Crippen molar-refractivity contribution < 1.29 is 14.6 Å². The third kappa shape index (κ3) is 1.42. The second-order valence-electron chi connectivity index (χ2n) is 2.27. The van der Waals surface area contributed by atoms with Crippen LogP contribution in [0.1, 0.15) is 10.4 Å². The number of aromatic hydroxyl groups is 1. The minimum Gasteiger partial charge on any atom is -0.507 e. The molecule has 0 aliphatic rings. The van der Waals surface area contributed by atoms with E-state index in [2.05, 4.69) is 0 Å². The highest BCUT2D eigenvalue weighted by atomic mass is 16.5. The average Bonchev–Trinajstić information content (AvgIpc) is 2.03. The molecule has 0 amide bonds. The van der Waals surface area contributed by atoms with E-state index in [1.54, 1.807) is 0 Å². The van der Waals surface area contributed by atoms with Crippen molar-refractivity contribution in [1.82, 2.24) is 0 Å². The van der Waals surface area contributed by atoms with Gasteiger partial charge < -0.3 is 9.84 Å². The largest absolute Gasteiger partial charge is 0.507 e. The number of phenols is 1. The van der Waals surface area contributed by atoms with Crippen molar-refractivity contribution >= 4 is 19.6 Å². The lowest BCUT2D eigenvalue weighted by atomic mass is 9.90. The van der Waals surface area contributed by atoms with Gasteiger partial charge >= 0.3 is 0 Å². The maximum atomic E-state index is 10.4. The Morgan fingerprint density at radius 2 is 2.25 bits per heavy atom. The van der Waals surface area contributed by atoms with E-state index < -0.39 is 0 Å². The summed E-state index contributed by atoms with van der Waals surface area (Å²) in [5.41, 5.74) is 0.303.